The van der Waals surface area contributed by atoms with E-state index in [0.717, 1.165) is 25.7 Å². The van der Waals surface area contributed by atoms with Crippen molar-refractivity contribution in [2.75, 3.05) is 0 Å². The summed E-state index contributed by atoms with van der Waals surface area (Å²) in [6, 6.07) is 0. The Morgan fingerprint density at radius 3 is 0.841 bits per heavy atom. The number of rotatable bonds is 34. The average Bonchev–Trinajstić information content (AvgIpc) is 3.02. The molecule has 0 aliphatic rings. The molecule has 2 radical (unpaired) electrons. The first-order valence-corrected chi connectivity index (χ1v) is 24.1. The van der Waals surface area contributed by atoms with Crippen LogP contribution in [-0.4, -0.2) is 33.1 Å². The van der Waals surface area contributed by atoms with Gasteiger partial charge < -0.3 is 4.74 Å². The van der Waals surface area contributed by atoms with Crippen molar-refractivity contribution in [3.05, 3.63) is 0 Å². The Labute approximate surface area is 288 Å². The fourth-order valence-electron chi connectivity index (χ4n) is 5.57. The van der Waals surface area contributed by atoms with Crippen molar-refractivity contribution in [3.63, 3.8) is 0 Å². The first kappa shape index (κ1) is 46.1. The maximum absolute atomic E-state index is 11.7. The molecule has 0 saturated carbocycles. The molecule has 0 rings (SSSR count). The van der Waals surface area contributed by atoms with Crippen molar-refractivity contribution in [1.82, 2.24) is 0 Å². The normalized spacial score (nSPS) is 10.9. The van der Waals surface area contributed by atoms with Crippen molar-refractivity contribution >= 4 is 33.1 Å². The summed E-state index contributed by atoms with van der Waals surface area (Å²) in [4.78, 5) is 23.4. The number of carbonyl (C=O) groups is 2. The molecule has 4 heteroatoms. The zero-order valence-electron chi connectivity index (χ0n) is 30.8. The molecular weight excluding hydrogens is 647 g/mol. The van der Waals surface area contributed by atoms with Gasteiger partial charge in [0.15, 0.2) is 0 Å². The third kappa shape index (κ3) is 44.1. The van der Waals surface area contributed by atoms with Gasteiger partial charge in [0, 0.05) is 12.8 Å². The van der Waals surface area contributed by atoms with Crippen LogP contribution in [0.3, 0.4) is 0 Å². The van der Waals surface area contributed by atoms with E-state index >= 15 is 0 Å². The standard InChI is InChI=1S/C24H46O3.2C8H17.Sn/c1-3-5-7-9-11-13-15-17-19-21-23(25)27-24(26)22-20-18-16-14-12-10-8-6-4-2;2*1-3-5-7-8-6-4-2;/h3-22H2,1-2H3;2*1,3-8H2,2H3;. The van der Waals surface area contributed by atoms with Gasteiger partial charge in [-0.3, -0.25) is 9.59 Å². The van der Waals surface area contributed by atoms with Crippen LogP contribution >= 0.6 is 0 Å². The minimum atomic E-state index is -0.334. The molecule has 0 aromatic carbocycles. The van der Waals surface area contributed by atoms with Crippen molar-refractivity contribution in [3.8, 4) is 0 Å². The van der Waals surface area contributed by atoms with Crippen LogP contribution in [0.4, 0.5) is 0 Å². The molecule has 0 spiro atoms. The van der Waals surface area contributed by atoms with Crippen LogP contribution in [0.1, 0.15) is 233 Å². The number of carbonyl (C=O) groups excluding carboxylic acids is 2. The second kappa shape index (κ2) is 42.9. The van der Waals surface area contributed by atoms with Crippen LogP contribution < -0.4 is 0 Å². The Hall–Kier alpha value is -0.0613. The Morgan fingerprint density at radius 1 is 0.341 bits per heavy atom. The van der Waals surface area contributed by atoms with Crippen molar-refractivity contribution in [1.29, 1.82) is 0 Å². The first-order chi connectivity index (χ1) is 21.6. The quantitative estimate of drug-likeness (QED) is 0.0287. The molecule has 0 aliphatic carbocycles. The summed E-state index contributed by atoms with van der Waals surface area (Å²) in [5, 5.41) is 0. The Kier molecular flexibility index (Phi) is 44.9. The molecule has 3 nitrogen and oxygen atoms in total. The zero-order chi connectivity index (χ0) is 32.6. The molecule has 262 valence electrons. The topological polar surface area (TPSA) is 43.4 Å². The summed E-state index contributed by atoms with van der Waals surface area (Å²) >= 11 is 0.0736. The zero-order valence-corrected chi connectivity index (χ0v) is 33.6. The van der Waals surface area contributed by atoms with Gasteiger partial charge in [0.1, 0.15) is 0 Å². The van der Waals surface area contributed by atoms with Crippen molar-refractivity contribution < 1.29 is 14.3 Å². The van der Waals surface area contributed by atoms with E-state index in [0.29, 0.717) is 12.8 Å². The predicted octanol–water partition coefficient (Wildman–Crippen LogP) is 14.1. The van der Waals surface area contributed by atoms with Crippen LogP contribution in [0.25, 0.3) is 0 Å². The summed E-state index contributed by atoms with van der Waals surface area (Å²) in [7, 11) is 0. The molecule has 0 aliphatic heterocycles. The second-order valence-electron chi connectivity index (χ2n) is 13.3. The molecule has 0 atom stereocenters. The fourth-order valence-corrected chi connectivity index (χ4v) is 9.14. The summed E-state index contributed by atoms with van der Waals surface area (Å²) in [6.07, 6.45) is 40.6. The van der Waals surface area contributed by atoms with Crippen LogP contribution in [-0.2, 0) is 14.3 Å². The molecule has 0 bridgehead atoms. The van der Waals surface area contributed by atoms with E-state index in [1.54, 1.807) is 21.7 Å². The molecule has 0 amide bonds. The van der Waals surface area contributed by atoms with Gasteiger partial charge in [-0.15, -0.1) is 0 Å². The number of hydrogen-bond donors (Lipinski definition) is 0. The molecule has 0 aromatic rings. The molecule has 0 unspecified atom stereocenters. The van der Waals surface area contributed by atoms with Crippen LogP contribution in [0.2, 0.25) is 8.87 Å². The van der Waals surface area contributed by atoms with E-state index in [4.69, 9.17) is 4.74 Å². The summed E-state index contributed by atoms with van der Waals surface area (Å²) in [6.45, 7) is 9.07. The van der Waals surface area contributed by atoms with Gasteiger partial charge >= 0.3 is 133 Å². The van der Waals surface area contributed by atoms with Crippen LogP contribution in [0.5, 0.6) is 0 Å². The summed E-state index contributed by atoms with van der Waals surface area (Å²) in [5.41, 5.74) is 0. The molecule has 44 heavy (non-hydrogen) atoms. The van der Waals surface area contributed by atoms with E-state index in [-0.39, 0.29) is 33.1 Å². The second-order valence-corrected chi connectivity index (χ2v) is 17.6. The molecule has 0 N–H and O–H groups in total. The minimum absolute atomic E-state index is 0.0736. The first-order valence-electron chi connectivity index (χ1n) is 20.1. The summed E-state index contributed by atoms with van der Waals surface area (Å²) in [5.74, 6) is -0.669. The fraction of sp³-hybridized carbons (Fsp3) is 0.950. The predicted molar refractivity (Wildman–Crippen MR) is 197 cm³/mol. The molecule has 0 aromatic heterocycles. The van der Waals surface area contributed by atoms with E-state index in [2.05, 4.69) is 27.7 Å². The average molecular weight is 728 g/mol. The van der Waals surface area contributed by atoms with Crippen LogP contribution in [0, 0.1) is 0 Å². The van der Waals surface area contributed by atoms with Gasteiger partial charge in [0.05, 0.1) is 0 Å². The van der Waals surface area contributed by atoms with Gasteiger partial charge in [0.25, 0.3) is 0 Å². The van der Waals surface area contributed by atoms with E-state index in [1.807, 2.05) is 0 Å². The molecular formula is C40H80O3Sn. The SMILES string of the molecule is CCCCCCCCCCCC(=O)OC(=O)CCCCCCCCCCC.CCCCCCC[CH2][Sn][CH2]CCCCCCC. The third-order valence-corrected chi connectivity index (χ3v) is 12.6. The van der Waals surface area contributed by atoms with Gasteiger partial charge in [-0.05, 0) is 12.8 Å². The Morgan fingerprint density at radius 2 is 0.568 bits per heavy atom. The Bertz CT molecular complexity index is 505. The molecule has 0 fully saturated rings. The maximum atomic E-state index is 11.7. The van der Waals surface area contributed by atoms with E-state index < -0.39 is 0 Å². The van der Waals surface area contributed by atoms with Crippen molar-refractivity contribution in [2.45, 2.75) is 242 Å². The molecule has 0 heterocycles. The Balaban J connectivity index is 0. The van der Waals surface area contributed by atoms with E-state index in [1.165, 1.54) is 154 Å². The monoisotopic (exact) mass is 729 g/mol. The van der Waals surface area contributed by atoms with Crippen molar-refractivity contribution in [2.24, 2.45) is 0 Å². The van der Waals surface area contributed by atoms with Gasteiger partial charge in [-0.2, -0.15) is 0 Å². The number of unbranched alkanes of at least 4 members (excludes halogenated alkanes) is 26. The van der Waals surface area contributed by atoms with Crippen LogP contribution in [0.15, 0.2) is 0 Å². The van der Waals surface area contributed by atoms with Gasteiger partial charge in [-0.1, -0.05) is 117 Å². The van der Waals surface area contributed by atoms with Gasteiger partial charge in [0.2, 0.25) is 0 Å². The third-order valence-electron chi connectivity index (χ3n) is 8.61. The number of ether oxygens (including phenoxy) is 1. The molecule has 0 saturated heterocycles. The van der Waals surface area contributed by atoms with E-state index in [9.17, 15) is 9.59 Å². The number of esters is 2. The summed E-state index contributed by atoms with van der Waals surface area (Å²) < 4.78 is 8.23. The van der Waals surface area contributed by atoms with Gasteiger partial charge in [-0.25, -0.2) is 0 Å². The number of hydrogen-bond acceptors (Lipinski definition) is 3.